The van der Waals surface area contributed by atoms with Gasteiger partial charge in [-0.05, 0) is 13.8 Å². The standard InChI is InChI=1S/C3H8O.Na.H/c1-3(2)4;;/h3-4H,1-2H3;;/q;+1;-1. The molecule has 0 heterocycles. The summed E-state index contributed by atoms with van der Waals surface area (Å²) in [6, 6.07) is 0. The molecule has 0 amide bonds. The fraction of sp³-hybridized carbons (Fsp3) is 1.00. The van der Waals surface area contributed by atoms with Crippen LogP contribution in [0.2, 0.25) is 0 Å². The van der Waals surface area contributed by atoms with E-state index in [0.29, 0.717) is 0 Å². The van der Waals surface area contributed by atoms with Gasteiger partial charge in [0.2, 0.25) is 0 Å². The van der Waals surface area contributed by atoms with Gasteiger partial charge in [-0.3, -0.25) is 0 Å². The van der Waals surface area contributed by atoms with Crippen LogP contribution < -0.4 is 29.6 Å². The van der Waals surface area contributed by atoms with Gasteiger partial charge in [0.25, 0.3) is 0 Å². The number of aliphatic hydroxyl groups is 1. The van der Waals surface area contributed by atoms with Gasteiger partial charge >= 0.3 is 29.6 Å². The second-order valence-corrected chi connectivity index (χ2v) is 1.09. The minimum atomic E-state index is -0.167. The van der Waals surface area contributed by atoms with Crippen LogP contribution in [-0.4, -0.2) is 11.2 Å². The van der Waals surface area contributed by atoms with Gasteiger partial charge in [0, 0.05) is 6.10 Å². The van der Waals surface area contributed by atoms with Crippen molar-refractivity contribution in [3.05, 3.63) is 0 Å². The van der Waals surface area contributed by atoms with E-state index < -0.39 is 0 Å². The molecule has 0 bridgehead atoms. The van der Waals surface area contributed by atoms with Gasteiger partial charge in [0.05, 0.1) is 0 Å². The summed E-state index contributed by atoms with van der Waals surface area (Å²) in [5.41, 5.74) is 0. The third-order valence-electron chi connectivity index (χ3n) is 0. The van der Waals surface area contributed by atoms with Gasteiger partial charge in [-0.25, -0.2) is 0 Å². The number of hydrogen-bond acceptors (Lipinski definition) is 1. The molecule has 0 aliphatic carbocycles. The molecule has 28 valence electrons. The van der Waals surface area contributed by atoms with Gasteiger partial charge in [-0.1, -0.05) is 0 Å². The summed E-state index contributed by atoms with van der Waals surface area (Å²) in [5.74, 6) is 0. The quantitative estimate of drug-likeness (QED) is 0.322. The summed E-state index contributed by atoms with van der Waals surface area (Å²) in [6.07, 6.45) is -0.167. The minimum absolute atomic E-state index is 0. The molecular formula is C3H9NaO. The predicted molar refractivity (Wildman–Crippen MR) is 18.5 cm³/mol. The van der Waals surface area contributed by atoms with E-state index in [1.54, 1.807) is 13.8 Å². The number of hydrogen-bond donors (Lipinski definition) is 1. The molecule has 0 aromatic rings. The van der Waals surface area contributed by atoms with E-state index >= 15 is 0 Å². The Kier molecular flexibility index (Phi) is 9.28. The molecule has 0 saturated carbocycles. The van der Waals surface area contributed by atoms with Gasteiger partial charge in [-0.15, -0.1) is 0 Å². The number of aliphatic hydroxyl groups excluding tert-OH is 1. The molecular weight excluding hydrogens is 75.0 g/mol. The van der Waals surface area contributed by atoms with Crippen LogP contribution in [0, 0.1) is 0 Å². The fourth-order valence-corrected chi connectivity index (χ4v) is 0. The van der Waals surface area contributed by atoms with Gasteiger partial charge in [-0.2, -0.15) is 0 Å². The zero-order valence-electron chi connectivity index (χ0n) is 5.02. The third-order valence-corrected chi connectivity index (χ3v) is 0. The van der Waals surface area contributed by atoms with Gasteiger partial charge in [0.1, 0.15) is 0 Å². The second kappa shape index (κ2) is 4.96. The van der Waals surface area contributed by atoms with Crippen molar-refractivity contribution in [3.8, 4) is 0 Å². The molecule has 0 radical (unpaired) electrons. The Hall–Kier alpha value is 0.960. The van der Waals surface area contributed by atoms with Crippen LogP contribution >= 0.6 is 0 Å². The number of rotatable bonds is 0. The molecule has 0 spiro atoms. The van der Waals surface area contributed by atoms with Crippen molar-refractivity contribution < 1.29 is 36.1 Å². The van der Waals surface area contributed by atoms with Crippen molar-refractivity contribution in [3.63, 3.8) is 0 Å². The molecule has 0 aliphatic rings. The van der Waals surface area contributed by atoms with E-state index in [4.69, 9.17) is 5.11 Å². The molecule has 0 saturated heterocycles. The Morgan fingerprint density at radius 1 is 1.60 bits per heavy atom. The Morgan fingerprint density at radius 2 is 1.60 bits per heavy atom. The average Bonchev–Trinajstić information content (AvgIpc) is 0.811. The van der Waals surface area contributed by atoms with Gasteiger partial charge < -0.3 is 6.53 Å². The van der Waals surface area contributed by atoms with Crippen molar-refractivity contribution in [1.29, 1.82) is 0 Å². The molecule has 0 aliphatic heterocycles. The maximum atomic E-state index is 8.06. The van der Waals surface area contributed by atoms with E-state index in [1.165, 1.54) is 0 Å². The van der Waals surface area contributed by atoms with Crippen LogP contribution in [0.1, 0.15) is 15.3 Å². The van der Waals surface area contributed by atoms with Crippen LogP contribution in [0.4, 0.5) is 0 Å². The van der Waals surface area contributed by atoms with Crippen LogP contribution in [0.5, 0.6) is 0 Å². The summed E-state index contributed by atoms with van der Waals surface area (Å²) < 4.78 is 0. The maximum absolute atomic E-state index is 8.06. The zero-order chi connectivity index (χ0) is 3.58. The maximum Gasteiger partial charge on any atom is 1.00 e. The molecule has 2 heteroatoms. The first-order valence-corrected chi connectivity index (χ1v) is 1.41. The molecule has 1 N–H and O–H groups in total. The molecule has 0 aromatic heterocycles. The van der Waals surface area contributed by atoms with Crippen molar-refractivity contribution in [2.75, 3.05) is 0 Å². The Balaban J connectivity index is -0.0000000450. The zero-order valence-corrected chi connectivity index (χ0v) is 6.02. The van der Waals surface area contributed by atoms with E-state index in [0.717, 1.165) is 0 Å². The predicted octanol–water partition coefficient (Wildman–Crippen LogP) is -2.50. The summed E-state index contributed by atoms with van der Waals surface area (Å²) in [7, 11) is 0. The molecule has 0 unspecified atom stereocenters. The monoisotopic (exact) mass is 84.1 g/mol. The summed E-state index contributed by atoms with van der Waals surface area (Å²) in [5, 5.41) is 8.06. The smallest absolute Gasteiger partial charge is 1.00 e. The third kappa shape index (κ3) is 47.2. The molecule has 1 nitrogen and oxygen atoms in total. The average molecular weight is 84.1 g/mol. The van der Waals surface area contributed by atoms with Crippen molar-refractivity contribution in [2.24, 2.45) is 0 Å². The summed E-state index contributed by atoms with van der Waals surface area (Å²) in [4.78, 5) is 0. The Bertz CT molecular complexity index is 15.5. The molecule has 5 heavy (non-hydrogen) atoms. The molecule has 0 atom stereocenters. The van der Waals surface area contributed by atoms with E-state index in [1.807, 2.05) is 0 Å². The van der Waals surface area contributed by atoms with Gasteiger partial charge in [0.15, 0.2) is 0 Å². The Morgan fingerprint density at radius 3 is 1.60 bits per heavy atom. The van der Waals surface area contributed by atoms with Crippen LogP contribution in [-0.2, 0) is 0 Å². The van der Waals surface area contributed by atoms with E-state index in [2.05, 4.69) is 0 Å². The largest absolute Gasteiger partial charge is 1.00 e. The summed E-state index contributed by atoms with van der Waals surface area (Å²) in [6.45, 7) is 3.44. The molecule has 0 fully saturated rings. The minimum Gasteiger partial charge on any atom is -1.00 e. The SMILES string of the molecule is CC(C)O.[H-].[Na+]. The van der Waals surface area contributed by atoms with Crippen molar-refractivity contribution in [2.45, 2.75) is 20.0 Å². The first kappa shape index (κ1) is 9.35. The first-order chi connectivity index (χ1) is 1.73. The van der Waals surface area contributed by atoms with Crippen molar-refractivity contribution >= 4 is 0 Å². The van der Waals surface area contributed by atoms with Crippen molar-refractivity contribution in [1.82, 2.24) is 0 Å². The molecule has 0 aromatic carbocycles. The van der Waals surface area contributed by atoms with Crippen LogP contribution in [0.25, 0.3) is 0 Å². The van der Waals surface area contributed by atoms with E-state index in [-0.39, 0.29) is 37.1 Å². The van der Waals surface area contributed by atoms with Crippen LogP contribution in [0.3, 0.4) is 0 Å². The Labute approximate surface area is 56.2 Å². The summed E-state index contributed by atoms with van der Waals surface area (Å²) >= 11 is 0. The normalized spacial score (nSPS) is 7.20. The topological polar surface area (TPSA) is 20.2 Å². The second-order valence-electron chi connectivity index (χ2n) is 1.09. The van der Waals surface area contributed by atoms with E-state index in [9.17, 15) is 0 Å². The van der Waals surface area contributed by atoms with Crippen LogP contribution in [0.15, 0.2) is 0 Å². The fourth-order valence-electron chi connectivity index (χ4n) is 0. The first-order valence-electron chi connectivity index (χ1n) is 1.41. The molecule has 0 rings (SSSR count).